The summed E-state index contributed by atoms with van der Waals surface area (Å²) in [4.78, 5) is 24.6. The Balaban J connectivity index is 2.22. The maximum Gasteiger partial charge on any atom is 0.244 e. The number of nitrogens with one attached hydrogen (secondary N) is 1. The molecule has 0 aliphatic heterocycles. The van der Waals surface area contributed by atoms with E-state index in [9.17, 15) is 18.4 Å². The van der Waals surface area contributed by atoms with Crippen LogP contribution in [0.5, 0.6) is 0 Å². The maximum absolute atomic E-state index is 13.8. The molecule has 0 radical (unpaired) electrons. The van der Waals surface area contributed by atoms with Crippen LogP contribution in [-0.2, 0) is 9.59 Å². The number of para-hydroxylation sites is 2. The second-order valence-corrected chi connectivity index (χ2v) is 5.04. The predicted octanol–water partition coefficient (Wildman–Crippen LogP) is 3.26. The minimum absolute atomic E-state index is 0.485. The van der Waals surface area contributed by atoms with E-state index < -0.39 is 35.7 Å². The van der Waals surface area contributed by atoms with Crippen molar-refractivity contribution in [3.8, 4) is 0 Å². The minimum Gasteiger partial charge on any atom is -0.324 e. The topological polar surface area (TPSA) is 49.4 Å². The van der Waals surface area contributed by atoms with Crippen LogP contribution >= 0.6 is 0 Å². The molecule has 2 aromatic carbocycles. The molecule has 6 heteroatoms. The van der Waals surface area contributed by atoms with E-state index in [4.69, 9.17) is 0 Å². The molecule has 2 amide bonds. The van der Waals surface area contributed by atoms with E-state index in [2.05, 4.69) is 5.32 Å². The van der Waals surface area contributed by atoms with E-state index in [-0.39, 0.29) is 0 Å². The molecule has 0 spiro atoms. The van der Waals surface area contributed by atoms with Gasteiger partial charge in [-0.3, -0.25) is 14.5 Å². The number of carbonyl (C=O) groups excluding carboxylic acids is 2. The zero-order valence-electron chi connectivity index (χ0n) is 12.8. The standard InChI is InChI=1S/C17H16F2N2O2/c1-11-6-3-4-9-15(11)20-16(23)10-21(12(2)22)17-13(18)7-5-8-14(17)19/h3-9H,10H2,1-2H3,(H,20,23). The zero-order chi connectivity index (χ0) is 17.0. The number of carbonyl (C=O) groups is 2. The summed E-state index contributed by atoms with van der Waals surface area (Å²) in [5.41, 5.74) is 0.891. The largest absolute Gasteiger partial charge is 0.324 e. The molecular weight excluding hydrogens is 302 g/mol. The first-order chi connectivity index (χ1) is 10.9. The third kappa shape index (κ3) is 3.91. The van der Waals surface area contributed by atoms with Gasteiger partial charge in [-0.2, -0.15) is 0 Å². The summed E-state index contributed by atoms with van der Waals surface area (Å²) >= 11 is 0. The van der Waals surface area contributed by atoms with E-state index in [1.54, 1.807) is 12.1 Å². The van der Waals surface area contributed by atoms with Crippen LogP contribution in [0.2, 0.25) is 0 Å². The van der Waals surface area contributed by atoms with Crippen LogP contribution < -0.4 is 10.2 Å². The number of rotatable bonds is 4. The monoisotopic (exact) mass is 318 g/mol. The Hall–Kier alpha value is -2.76. The minimum atomic E-state index is -0.899. The van der Waals surface area contributed by atoms with Gasteiger partial charge in [0.15, 0.2) is 0 Å². The Morgan fingerprint density at radius 2 is 1.65 bits per heavy atom. The lowest BCUT2D eigenvalue weighted by Crippen LogP contribution is -2.38. The molecule has 23 heavy (non-hydrogen) atoms. The van der Waals surface area contributed by atoms with Crippen LogP contribution in [0.3, 0.4) is 0 Å². The van der Waals surface area contributed by atoms with Crippen molar-refractivity contribution in [1.82, 2.24) is 0 Å². The van der Waals surface area contributed by atoms with Gasteiger partial charge >= 0.3 is 0 Å². The van der Waals surface area contributed by atoms with Crippen molar-refractivity contribution in [3.63, 3.8) is 0 Å². The Labute approximate surface area is 132 Å². The third-order valence-corrected chi connectivity index (χ3v) is 3.31. The van der Waals surface area contributed by atoms with E-state index in [0.29, 0.717) is 5.69 Å². The summed E-state index contributed by atoms with van der Waals surface area (Å²) in [6.07, 6.45) is 0. The van der Waals surface area contributed by atoms with Crippen molar-refractivity contribution in [2.45, 2.75) is 13.8 Å². The van der Waals surface area contributed by atoms with Crippen molar-refractivity contribution in [1.29, 1.82) is 0 Å². The first-order valence-corrected chi connectivity index (χ1v) is 6.97. The molecule has 0 aromatic heterocycles. The lowest BCUT2D eigenvalue weighted by molar-refractivity contribution is -0.120. The number of benzene rings is 2. The molecule has 0 unspecified atom stereocenters. The number of amides is 2. The number of nitrogens with zero attached hydrogens (tertiary/aromatic N) is 1. The van der Waals surface area contributed by atoms with Crippen LogP contribution in [0, 0.1) is 18.6 Å². The van der Waals surface area contributed by atoms with Crippen LogP contribution in [0.1, 0.15) is 12.5 Å². The Kier molecular flexibility index (Phi) is 5.05. The summed E-state index contributed by atoms with van der Waals surface area (Å²) in [5, 5.41) is 2.63. The molecule has 0 aliphatic carbocycles. The molecule has 0 aliphatic rings. The van der Waals surface area contributed by atoms with Gasteiger partial charge in [-0.1, -0.05) is 24.3 Å². The average molecular weight is 318 g/mol. The number of halogens is 2. The number of hydrogen-bond acceptors (Lipinski definition) is 2. The fourth-order valence-electron chi connectivity index (χ4n) is 2.14. The van der Waals surface area contributed by atoms with E-state index in [0.717, 1.165) is 29.5 Å². The summed E-state index contributed by atoms with van der Waals surface area (Å²) in [5.74, 6) is -2.97. The highest BCUT2D eigenvalue weighted by Gasteiger charge is 2.22. The van der Waals surface area contributed by atoms with E-state index >= 15 is 0 Å². The summed E-state index contributed by atoms with van der Waals surface area (Å²) in [6, 6.07) is 10.4. The second kappa shape index (κ2) is 7.00. The lowest BCUT2D eigenvalue weighted by Gasteiger charge is -2.22. The summed E-state index contributed by atoms with van der Waals surface area (Å²) in [7, 11) is 0. The molecule has 2 aromatic rings. The molecule has 0 bridgehead atoms. The maximum atomic E-state index is 13.8. The van der Waals surface area contributed by atoms with Crippen molar-refractivity contribution in [2.24, 2.45) is 0 Å². The summed E-state index contributed by atoms with van der Waals surface area (Å²) in [6.45, 7) is 2.48. The number of aryl methyl sites for hydroxylation is 1. The van der Waals surface area contributed by atoms with Crippen LogP contribution in [0.25, 0.3) is 0 Å². The third-order valence-electron chi connectivity index (χ3n) is 3.31. The van der Waals surface area contributed by atoms with Gasteiger partial charge in [0, 0.05) is 12.6 Å². The Morgan fingerprint density at radius 3 is 2.22 bits per heavy atom. The molecule has 4 nitrogen and oxygen atoms in total. The number of hydrogen-bond donors (Lipinski definition) is 1. The van der Waals surface area contributed by atoms with Gasteiger partial charge in [0.25, 0.3) is 0 Å². The van der Waals surface area contributed by atoms with Gasteiger partial charge in [-0.15, -0.1) is 0 Å². The fourth-order valence-corrected chi connectivity index (χ4v) is 2.14. The average Bonchev–Trinajstić information content (AvgIpc) is 2.48. The van der Waals surface area contributed by atoms with Crippen molar-refractivity contribution >= 4 is 23.2 Å². The molecular formula is C17H16F2N2O2. The molecule has 0 saturated heterocycles. The highest BCUT2D eigenvalue weighted by atomic mass is 19.1. The van der Waals surface area contributed by atoms with Crippen LogP contribution in [-0.4, -0.2) is 18.4 Å². The summed E-state index contributed by atoms with van der Waals surface area (Å²) < 4.78 is 27.7. The van der Waals surface area contributed by atoms with Gasteiger partial charge in [0.1, 0.15) is 23.9 Å². The second-order valence-electron chi connectivity index (χ2n) is 5.04. The van der Waals surface area contributed by atoms with E-state index in [1.807, 2.05) is 19.1 Å². The quantitative estimate of drug-likeness (QED) is 0.940. The molecule has 0 fully saturated rings. The molecule has 1 N–H and O–H groups in total. The smallest absolute Gasteiger partial charge is 0.244 e. The molecule has 0 saturated carbocycles. The van der Waals surface area contributed by atoms with Crippen LogP contribution in [0.15, 0.2) is 42.5 Å². The fraction of sp³-hybridized carbons (Fsp3) is 0.176. The van der Waals surface area contributed by atoms with Gasteiger partial charge in [0.2, 0.25) is 11.8 Å². The molecule has 120 valence electrons. The van der Waals surface area contributed by atoms with Crippen LogP contribution in [0.4, 0.5) is 20.2 Å². The normalized spacial score (nSPS) is 10.3. The Bertz CT molecular complexity index is 727. The van der Waals surface area contributed by atoms with Gasteiger partial charge in [-0.05, 0) is 30.7 Å². The van der Waals surface area contributed by atoms with Crippen molar-refractivity contribution < 1.29 is 18.4 Å². The van der Waals surface area contributed by atoms with E-state index in [1.165, 1.54) is 6.07 Å². The SMILES string of the molecule is CC(=O)N(CC(=O)Nc1ccccc1C)c1c(F)cccc1F. The highest BCUT2D eigenvalue weighted by molar-refractivity contribution is 6.02. The van der Waals surface area contributed by atoms with Gasteiger partial charge in [-0.25, -0.2) is 8.78 Å². The first-order valence-electron chi connectivity index (χ1n) is 6.97. The number of anilines is 2. The zero-order valence-corrected chi connectivity index (χ0v) is 12.8. The lowest BCUT2D eigenvalue weighted by atomic mass is 10.2. The first kappa shape index (κ1) is 16.6. The predicted molar refractivity (Wildman–Crippen MR) is 84.2 cm³/mol. The highest BCUT2D eigenvalue weighted by Crippen LogP contribution is 2.23. The Morgan fingerprint density at radius 1 is 1.04 bits per heavy atom. The van der Waals surface area contributed by atoms with Gasteiger partial charge < -0.3 is 5.32 Å². The molecule has 0 atom stereocenters. The van der Waals surface area contributed by atoms with Gasteiger partial charge in [0.05, 0.1) is 0 Å². The van der Waals surface area contributed by atoms with Crippen molar-refractivity contribution in [3.05, 3.63) is 59.7 Å². The van der Waals surface area contributed by atoms with Crippen molar-refractivity contribution in [2.75, 3.05) is 16.8 Å². The molecule has 0 heterocycles. The molecule has 2 rings (SSSR count).